The molecule has 1 aromatic heterocycles. The summed E-state index contributed by atoms with van der Waals surface area (Å²) in [5.74, 6) is 0.479. The molecule has 0 aliphatic heterocycles. The van der Waals surface area contributed by atoms with E-state index in [-0.39, 0.29) is 12.4 Å². The number of carbonyl (C=O) groups excluding carboxylic acids is 2. The van der Waals surface area contributed by atoms with E-state index in [0.717, 1.165) is 11.3 Å². The number of Topliss-reactive ketones (excluding diaryl/α,β-unsaturated/α-hetero) is 1. The highest BCUT2D eigenvalue weighted by Crippen LogP contribution is 2.25. The van der Waals surface area contributed by atoms with Gasteiger partial charge in [-0.15, -0.1) is 0 Å². The highest BCUT2D eigenvalue weighted by Gasteiger charge is 2.26. The Bertz CT molecular complexity index is 818. The summed E-state index contributed by atoms with van der Waals surface area (Å²) in [6.45, 7) is 10.3. The highest BCUT2D eigenvalue weighted by atomic mass is 16.5. The van der Waals surface area contributed by atoms with Gasteiger partial charge in [-0.1, -0.05) is 26.0 Å². The van der Waals surface area contributed by atoms with Crippen molar-refractivity contribution < 1.29 is 19.1 Å². The Kier molecular flexibility index (Phi) is 6.24. The molecule has 1 heterocycles. The van der Waals surface area contributed by atoms with Gasteiger partial charge in [-0.3, -0.25) is 4.79 Å². The van der Waals surface area contributed by atoms with Crippen LogP contribution in [0.1, 0.15) is 64.4 Å². The first-order chi connectivity index (χ1) is 12.3. The zero-order chi connectivity index (χ0) is 19.4. The molecule has 5 nitrogen and oxygen atoms in total. The number of carbonyl (C=O) groups is 2. The quantitative estimate of drug-likeness (QED) is 0.548. The standard InChI is InChI=1S/C21H27NO4/c1-7-22-15(5)19(14(4)20(22)21(24)25-6)18(23)12-26-17-10-8-9-16(11-17)13(2)3/h8-11,13H,7,12H2,1-6H3. The lowest BCUT2D eigenvalue weighted by Crippen LogP contribution is -2.14. The topological polar surface area (TPSA) is 57.5 Å². The van der Waals surface area contributed by atoms with E-state index >= 15 is 0 Å². The third kappa shape index (κ3) is 3.82. The summed E-state index contributed by atoms with van der Waals surface area (Å²) in [4.78, 5) is 24.9. The van der Waals surface area contributed by atoms with Crippen molar-refractivity contribution in [2.75, 3.05) is 13.7 Å². The highest BCUT2D eigenvalue weighted by molar-refractivity contribution is 6.03. The largest absolute Gasteiger partial charge is 0.485 e. The molecule has 0 aliphatic carbocycles. The van der Waals surface area contributed by atoms with Crippen LogP contribution in [0, 0.1) is 13.8 Å². The van der Waals surface area contributed by atoms with Crippen LogP contribution in [-0.4, -0.2) is 30.0 Å². The van der Waals surface area contributed by atoms with Crippen molar-refractivity contribution in [2.45, 2.75) is 47.1 Å². The van der Waals surface area contributed by atoms with E-state index in [2.05, 4.69) is 13.8 Å². The van der Waals surface area contributed by atoms with Gasteiger partial charge in [-0.25, -0.2) is 4.79 Å². The number of hydrogen-bond donors (Lipinski definition) is 0. The molecule has 26 heavy (non-hydrogen) atoms. The molecule has 140 valence electrons. The van der Waals surface area contributed by atoms with Crippen LogP contribution in [0.3, 0.4) is 0 Å². The molecule has 0 amide bonds. The molecule has 0 saturated heterocycles. The van der Waals surface area contributed by atoms with E-state index in [4.69, 9.17) is 9.47 Å². The Morgan fingerprint density at radius 2 is 1.88 bits per heavy atom. The first kappa shape index (κ1) is 19.8. The molecular weight excluding hydrogens is 330 g/mol. The first-order valence-electron chi connectivity index (χ1n) is 8.85. The fourth-order valence-electron chi connectivity index (χ4n) is 3.25. The van der Waals surface area contributed by atoms with Crippen LogP contribution in [0.4, 0.5) is 0 Å². The number of esters is 1. The molecule has 0 radical (unpaired) electrons. The van der Waals surface area contributed by atoms with E-state index in [9.17, 15) is 9.59 Å². The Hall–Kier alpha value is -2.56. The zero-order valence-corrected chi connectivity index (χ0v) is 16.4. The number of ketones is 1. The molecule has 0 atom stereocenters. The average molecular weight is 357 g/mol. The normalized spacial score (nSPS) is 10.9. The molecule has 1 aromatic carbocycles. The average Bonchev–Trinajstić information content (AvgIpc) is 2.89. The second-order valence-corrected chi connectivity index (χ2v) is 6.61. The summed E-state index contributed by atoms with van der Waals surface area (Å²) in [5, 5.41) is 0. The molecule has 2 rings (SSSR count). The molecule has 0 saturated carbocycles. The Morgan fingerprint density at radius 1 is 1.19 bits per heavy atom. The van der Waals surface area contributed by atoms with Crippen molar-refractivity contribution in [1.29, 1.82) is 0 Å². The molecule has 0 bridgehead atoms. The van der Waals surface area contributed by atoms with Crippen molar-refractivity contribution in [2.24, 2.45) is 0 Å². The Labute approximate surface area is 154 Å². The maximum Gasteiger partial charge on any atom is 0.354 e. The number of benzene rings is 1. The number of rotatable bonds is 7. The number of methoxy groups -OCH3 is 1. The van der Waals surface area contributed by atoms with Crippen LogP contribution >= 0.6 is 0 Å². The van der Waals surface area contributed by atoms with Crippen molar-refractivity contribution in [3.8, 4) is 5.75 Å². The zero-order valence-electron chi connectivity index (χ0n) is 16.4. The molecule has 0 spiro atoms. The molecule has 0 N–H and O–H groups in total. The number of hydrogen-bond acceptors (Lipinski definition) is 4. The first-order valence-corrected chi connectivity index (χ1v) is 8.85. The summed E-state index contributed by atoms with van der Waals surface area (Å²) in [6.07, 6.45) is 0. The second-order valence-electron chi connectivity index (χ2n) is 6.61. The monoisotopic (exact) mass is 357 g/mol. The van der Waals surface area contributed by atoms with Gasteiger partial charge in [-0.05, 0) is 49.9 Å². The molecule has 0 aliphatic rings. The maximum atomic E-state index is 12.8. The molecular formula is C21H27NO4. The lowest BCUT2D eigenvalue weighted by atomic mass is 10.0. The predicted octanol–water partition coefficient (Wildman–Crippen LogP) is 4.30. The minimum Gasteiger partial charge on any atom is -0.485 e. The van der Waals surface area contributed by atoms with E-state index in [1.54, 1.807) is 6.92 Å². The summed E-state index contributed by atoms with van der Waals surface area (Å²) in [5.41, 5.74) is 3.52. The van der Waals surface area contributed by atoms with Gasteiger partial charge in [0, 0.05) is 17.8 Å². The SMILES string of the molecule is CCn1c(C)c(C(=O)COc2cccc(C(C)C)c2)c(C)c1C(=O)OC. The summed E-state index contributed by atoms with van der Waals surface area (Å²) < 4.78 is 12.4. The van der Waals surface area contributed by atoms with Gasteiger partial charge in [0.1, 0.15) is 11.4 Å². The van der Waals surface area contributed by atoms with E-state index < -0.39 is 5.97 Å². The van der Waals surface area contributed by atoms with Gasteiger partial charge in [0.25, 0.3) is 0 Å². The second kappa shape index (κ2) is 8.21. The van der Waals surface area contributed by atoms with Crippen molar-refractivity contribution in [1.82, 2.24) is 4.57 Å². The predicted molar refractivity (Wildman–Crippen MR) is 101 cm³/mol. The number of nitrogens with zero attached hydrogens (tertiary/aromatic N) is 1. The van der Waals surface area contributed by atoms with E-state index in [0.29, 0.717) is 35.0 Å². The smallest absolute Gasteiger partial charge is 0.354 e. The minimum atomic E-state index is -0.433. The van der Waals surface area contributed by atoms with Crippen molar-refractivity contribution in [3.63, 3.8) is 0 Å². The van der Waals surface area contributed by atoms with Crippen LogP contribution in [0.25, 0.3) is 0 Å². The molecule has 0 unspecified atom stereocenters. The lowest BCUT2D eigenvalue weighted by Gasteiger charge is -2.10. The number of ether oxygens (including phenoxy) is 2. The van der Waals surface area contributed by atoms with Gasteiger partial charge in [0.05, 0.1) is 7.11 Å². The van der Waals surface area contributed by atoms with Crippen molar-refractivity contribution >= 4 is 11.8 Å². The fourth-order valence-corrected chi connectivity index (χ4v) is 3.25. The minimum absolute atomic E-state index is 0.0719. The van der Waals surface area contributed by atoms with Crippen LogP contribution in [0.5, 0.6) is 5.75 Å². The van der Waals surface area contributed by atoms with Crippen LogP contribution < -0.4 is 4.74 Å². The van der Waals surface area contributed by atoms with E-state index in [1.807, 2.05) is 42.7 Å². The summed E-state index contributed by atoms with van der Waals surface area (Å²) in [6, 6.07) is 7.76. The molecule has 5 heteroatoms. The van der Waals surface area contributed by atoms with Gasteiger partial charge >= 0.3 is 5.97 Å². The van der Waals surface area contributed by atoms with Gasteiger partial charge < -0.3 is 14.0 Å². The molecule has 2 aromatic rings. The number of aromatic nitrogens is 1. The van der Waals surface area contributed by atoms with Crippen LogP contribution in [0.2, 0.25) is 0 Å². The van der Waals surface area contributed by atoms with Crippen LogP contribution in [-0.2, 0) is 11.3 Å². The van der Waals surface area contributed by atoms with Gasteiger partial charge in [-0.2, -0.15) is 0 Å². The Morgan fingerprint density at radius 3 is 2.46 bits per heavy atom. The van der Waals surface area contributed by atoms with Crippen LogP contribution in [0.15, 0.2) is 24.3 Å². The van der Waals surface area contributed by atoms with Gasteiger partial charge in [0.2, 0.25) is 5.78 Å². The molecule has 0 fully saturated rings. The fraction of sp³-hybridized carbons (Fsp3) is 0.429. The Balaban J connectivity index is 2.26. The maximum absolute atomic E-state index is 12.8. The van der Waals surface area contributed by atoms with Gasteiger partial charge in [0.15, 0.2) is 6.61 Å². The lowest BCUT2D eigenvalue weighted by molar-refractivity contribution is 0.0587. The summed E-state index contributed by atoms with van der Waals surface area (Å²) in [7, 11) is 1.34. The third-order valence-electron chi connectivity index (χ3n) is 4.64. The third-order valence-corrected chi connectivity index (χ3v) is 4.64. The summed E-state index contributed by atoms with van der Waals surface area (Å²) >= 11 is 0. The van der Waals surface area contributed by atoms with Crippen molar-refractivity contribution in [3.05, 3.63) is 52.3 Å². The van der Waals surface area contributed by atoms with E-state index in [1.165, 1.54) is 7.11 Å².